The summed E-state index contributed by atoms with van der Waals surface area (Å²) in [5, 5.41) is 19.8. The first kappa shape index (κ1) is 20.9. The predicted molar refractivity (Wildman–Crippen MR) is 111 cm³/mol. The summed E-state index contributed by atoms with van der Waals surface area (Å²) < 4.78 is 16.8. The molecular weight excluding hydrogens is 428 g/mol. The standard InChI is InChI=1S/C22H17ClO8/c1-9(25)3-10-4-12-11-5-13-14(21(26)27)6-16(23)15(8-24)19(13)30-17(11)7-18(29-2)20(12)31-22(10)28/h4,6-9,25H,3,5H2,1-2H3,(H,26,27). The summed E-state index contributed by atoms with van der Waals surface area (Å²) in [6.45, 7) is 1.55. The lowest BCUT2D eigenvalue weighted by Crippen LogP contribution is -2.16. The SMILES string of the molecule is COc1cc2c(c3cc(CC(C)O)c(=O)oc13)Cc1c(C(=O)O)cc(Cl)c(C=O)c1O2. The van der Waals surface area contributed by atoms with Crippen LogP contribution >= 0.6 is 11.6 Å². The molecule has 1 unspecified atom stereocenters. The van der Waals surface area contributed by atoms with Crippen molar-refractivity contribution in [2.45, 2.75) is 25.9 Å². The molecule has 0 radical (unpaired) electrons. The van der Waals surface area contributed by atoms with Gasteiger partial charge in [0.05, 0.1) is 29.4 Å². The molecule has 1 atom stereocenters. The normalized spacial score (nSPS) is 13.2. The van der Waals surface area contributed by atoms with Crippen LogP contribution in [0.1, 0.15) is 44.3 Å². The quantitative estimate of drug-likeness (QED) is 0.353. The van der Waals surface area contributed by atoms with Gasteiger partial charge in [0.2, 0.25) is 0 Å². The molecule has 31 heavy (non-hydrogen) atoms. The van der Waals surface area contributed by atoms with Crippen LogP contribution < -0.4 is 15.1 Å². The number of carbonyl (C=O) groups is 2. The third-order valence-electron chi connectivity index (χ3n) is 5.15. The summed E-state index contributed by atoms with van der Waals surface area (Å²) in [5.41, 5.74) is 0.607. The van der Waals surface area contributed by atoms with Gasteiger partial charge >= 0.3 is 11.6 Å². The summed E-state index contributed by atoms with van der Waals surface area (Å²) in [4.78, 5) is 35.8. The van der Waals surface area contributed by atoms with Crippen LogP contribution in [-0.4, -0.2) is 35.7 Å². The number of aldehydes is 1. The molecule has 2 aromatic carbocycles. The highest BCUT2D eigenvalue weighted by Crippen LogP contribution is 2.47. The Morgan fingerprint density at radius 2 is 2.06 bits per heavy atom. The number of rotatable bonds is 5. The van der Waals surface area contributed by atoms with Crippen molar-refractivity contribution < 1.29 is 33.7 Å². The fraction of sp³-hybridized carbons (Fsp3) is 0.227. The molecule has 0 saturated heterocycles. The Bertz CT molecular complexity index is 1310. The Morgan fingerprint density at radius 1 is 1.32 bits per heavy atom. The lowest BCUT2D eigenvalue weighted by Gasteiger charge is -2.25. The summed E-state index contributed by atoms with van der Waals surface area (Å²) >= 11 is 6.11. The van der Waals surface area contributed by atoms with Gasteiger partial charge in [0, 0.05) is 41.0 Å². The van der Waals surface area contributed by atoms with Crippen molar-refractivity contribution in [3.8, 4) is 17.2 Å². The van der Waals surface area contributed by atoms with Gasteiger partial charge in [-0.3, -0.25) is 4.79 Å². The maximum absolute atomic E-state index is 12.4. The van der Waals surface area contributed by atoms with Crippen molar-refractivity contribution in [1.29, 1.82) is 0 Å². The summed E-state index contributed by atoms with van der Waals surface area (Å²) in [5.74, 6) is -0.612. The molecule has 0 bridgehead atoms. The zero-order valence-corrected chi connectivity index (χ0v) is 17.3. The number of halogens is 1. The Balaban J connectivity index is 2.02. The second kappa shape index (κ2) is 7.72. The number of carboxylic acid groups (broad SMARTS) is 1. The highest BCUT2D eigenvalue weighted by Gasteiger charge is 2.30. The van der Waals surface area contributed by atoms with E-state index in [0.717, 1.165) is 0 Å². The van der Waals surface area contributed by atoms with E-state index in [1.54, 1.807) is 13.0 Å². The number of ether oxygens (including phenoxy) is 2. The van der Waals surface area contributed by atoms with Gasteiger partial charge in [0.15, 0.2) is 17.6 Å². The van der Waals surface area contributed by atoms with E-state index >= 15 is 0 Å². The van der Waals surface area contributed by atoms with E-state index in [9.17, 15) is 24.6 Å². The van der Waals surface area contributed by atoms with E-state index in [-0.39, 0.29) is 57.2 Å². The van der Waals surface area contributed by atoms with Crippen LogP contribution in [0, 0.1) is 0 Å². The van der Waals surface area contributed by atoms with Gasteiger partial charge in [-0.25, -0.2) is 9.59 Å². The number of aliphatic hydroxyl groups is 1. The number of hydrogen-bond acceptors (Lipinski definition) is 7. The zero-order chi connectivity index (χ0) is 22.4. The first-order valence-corrected chi connectivity index (χ1v) is 9.69. The number of benzene rings is 2. The molecule has 1 aliphatic heterocycles. The summed E-state index contributed by atoms with van der Waals surface area (Å²) in [7, 11) is 1.40. The van der Waals surface area contributed by atoms with Crippen LogP contribution in [0.25, 0.3) is 11.0 Å². The monoisotopic (exact) mass is 444 g/mol. The molecular formula is C22H17ClO8. The molecule has 2 heterocycles. The molecule has 8 nitrogen and oxygen atoms in total. The Morgan fingerprint density at radius 3 is 2.68 bits per heavy atom. The highest BCUT2D eigenvalue weighted by molar-refractivity contribution is 6.33. The number of methoxy groups -OCH3 is 1. The molecule has 1 aliphatic rings. The van der Waals surface area contributed by atoms with Gasteiger partial charge in [-0.15, -0.1) is 0 Å². The Kier molecular flexibility index (Phi) is 5.20. The molecule has 0 aliphatic carbocycles. The smallest absolute Gasteiger partial charge is 0.339 e. The van der Waals surface area contributed by atoms with Gasteiger partial charge in [-0.2, -0.15) is 0 Å². The van der Waals surface area contributed by atoms with Gasteiger partial charge < -0.3 is 24.1 Å². The van der Waals surface area contributed by atoms with E-state index in [1.807, 2.05) is 0 Å². The fourth-order valence-corrected chi connectivity index (χ4v) is 4.01. The topological polar surface area (TPSA) is 123 Å². The van der Waals surface area contributed by atoms with E-state index in [0.29, 0.717) is 23.0 Å². The zero-order valence-electron chi connectivity index (χ0n) is 16.5. The molecule has 0 amide bonds. The van der Waals surface area contributed by atoms with Crippen molar-refractivity contribution in [1.82, 2.24) is 0 Å². The van der Waals surface area contributed by atoms with Crippen molar-refractivity contribution >= 4 is 34.8 Å². The van der Waals surface area contributed by atoms with E-state index in [4.69, 9.17) is 25.5 Å². The van der Waals surface area contributed by atoms with Gasteiger partial charge in [0.1, 0.15) is 11.5 Å². The molecule has 0 saturated carbocycles. The van der Waals surface area contributed by atoms with Crippen LogP contribution in [0.15, 0.2) is 27.4 Å². The first-order valence-electron chi connectivity index (χ1n) is 9.31. The van der Waals surface area contributed by atoms with Crippen LogP contribution in [0.2, 0.25) is 5.02 Å². The Labute approximate surface area is 180 Å². The van der Waals surface area contributed by atoms with Gasteiger partial charge in [-0.05, 0) is 19.1 Å². The number of fused-ring (bicyclic) bond motifs is 4. The highest BCUT2D eigenvalue weighted by atomic mass is 35.5. The van der Waals surface area contributed by atoms with Gasteiger partial charge in [0.25, 0.3) is 0 Å². The van der Waals surface area contributed by atoms with Gasteiger partial charge in [-0.1, -0.05) is 11.6 Å². The lowest BCUT2D eigenvalue weighted by molar-refractivity contribution is 0.0694. The average Bonchev–Trinajstić information content (AvgIpc) is 2.71. The van der Waals surface area contributed by atoms with Crippen LogP contribution in [0.4, 0.5) is 0 Å². The molecule has 3 aromatic rings. The van der Waals surface area contributed by atoms with E-state index in [2.05, 4.69) is 0 Å². The van der Waals surface area contributed by atoms with E-state index in [1.165, 1.54) is 19.2 Å². The number of carboxylic acids is 1. The first-order chi connectivity index (χ1) is 14.7. The summed E-state index contributed by atoms with van der Waals surface area (Å²) in [6.07, 6.45) is -0.0928. The molecule has 1 aromatic heterocycles. The van der Waals surface area contributed by atoms with Crippen molar-refractivity contribution in [3.05, 3.63) is 61.5 Å². The van der Waals surface area contributed by atoms with Crippen molar-refractivity contribution in [2.24, 2.45) is 0 Å². The number of hydrogen-bond donors (Lipinski definition) is 2. The minimum absolute atomic E-state index is 0.0347. The number of carbonyl (C=O) groups excluding carboxylic acids is 1. The van der Waals surface area contributed by atoms with Crippen LogP contribution in [0.3, 0.4) is 0 Å². The largest absolute Gasteiger partial charge is 0.493 e. The second-order valence-corrected chi connectivity index (χ2v) is 7.65. The van der Waals surface area contributed by atoms with Crippen LogP contribution in [0.5, 0.6) is 17.2 Å². The molecule has 160 valence electrons. The van der Waals surface area contributed by atoms with Crippen molar-refractivity contribution in [3.63, 3.8) is 0 Å². The molecule has 9 heteroatoms. The third-order valence-corrected chi connectivity index (χ3v) is 5.46. The maximum Gasteiger partial charge on any atom is 0.339 e. The molecule has 0 fully saturated rings. The van der Waals surface area contributed by atoms with E-state index < -0.39 is 17.7 Å². The van der Waals surface area contributed by atoms with Crippen LogP contribution in [-0.2, 0) is 12.8 Å². The third kappa shape index (κ3) is 3.43. The fourth-order valence-electron chi connectivity index (χ4n) is 3.77. The molecule has 2 N–H and O–H groups in total. The summed E-state index contributed by atoms with van der Waals surface area (Å²) in [6, 6.07) is 4.31. The van der Waals surface area contributed by atoms with Crippen molar-refractivity contribution in [2.75, 3.05) is 7.11 Å². The average molecular weight is 445 g/mol. The maximum atomic E-state index is 12.4. The minimum atomic E-state index is -1.22. The second-order valence-electron chi connectivity index (χ2n) is 7.24. The predicted octanol–water partition coefficient (Wildman–Crippen LogP) is 3.59. The molecule has 0 spiro atoms. The Hall–Kier alpha value is -3.36. The number of aliphatic hydroxyl groups excluding tert-OH is 1. The lowest BCUT2D eigenvalue weighted by atomic mass is 9.91. The molecule has 4 rings (SSSR count). The minimum Gasteiger partial charge on any atom is -0.493 e. The number of aromatic carboxylic acids is 1.